The fourth-order valence-electron chi connectivity index (χ4n) is 3.09. The van der Waals surface area contributed by atoms with Gasteiger partial charge in [0.25, 0.3) is 0 Å². The molecular formula is C18H16N4O3. The molecule has 0 saturated heterocycles. The number of para-hydroxylation sites is 1. The number of ether oxygens (including phenoxy) is 1. The minimum atomic E-state index is -0.362. The van der Waals surface area contributed by atoms with E-state index in [9.17, 15) is 9.59 Å². The van der Waals surface area contributed by atoms with Crippen LogP contribution in [0.15, 0.2) is 58.8 Å². The maximum Gasteiger partial charge on any atom is 0.365 e. The van der Waals surface area contributed by atoms with E-state index in [0.717, 1.165) is 16.9 Å². The molecule has 1 unspecified atom stereocenters. The van der Waals surface area contributed by atoms with Crippen molar-refractivity contribution in [1.29, 1.82) is 0 Å². The van der Waals surface area contributed by atoms with Crippen LogP contribution in [0.25, 0.3) is 0 Å². The average molecular weight is 336 g/mol. The molecule has 0 saturated carbocycles. The third-order valence-electron chi connectivity index (χ3n) is 4.28. The van der Waals surface area contributed by atoms with E-state index in [2.05, 4.69) is 10.2 Å². The first-order chi connectivity index (χ1) is 12.2. The number of carbonyl (C=O) groups excluding carboxylic acids is 2. The van der Waals surface area contributed by atoms with Crippen LogP contribution in [-0.2, 0) is 4.74 Å². The number of fused-ring (bicyclic) bond motifs is 3. The van der Waals surface area contributed by atoms with E-state index in [1.807, 2.05) is 41.3 Å². The van der Waals surface area contributed by atoms with Gasteiger partial charge in [-0.2, -0.15) is 5.11 Å². The predicted octanol–water partition coefficient (Wildman–Crippen LogP) is 3.86. The highest BCUT2D eigenvalue weighted by Gasteiger charge is 2.38. The molecule has 0 radical (unpaired) electrons. The third-order valence-corrected chi connectivity index (χ3v) is 4.28. The van der Waals surface area contributed by atoms with Crippen LogP contribution in [0.3, 0.4) is 0 Å². The van der Waals surface area contributed by atoms with Crippen molar-refractivity contribution in [3.8, 4) is 0 Å². The van der Waals surface area contributed by atoms with E-state index in [4.69, 9.17) is 4.74 Å². The summed E-state index contributed by atoms with van der Waals surface area (Å²) in [6, 6.07) is 14.6. The maximum absolute atomic E-state index is 12.0. The van der Waals surface area contributed by atoms with E-state index >= 15 is 0 Å². The van der Waals surface area contributed by atoms with Gasteiger partial charge < -0.3 is 9.64 Å². The van der Waals surface area contributed by atoms with Crippen LogP contribution in [0.4, 0.5) is 16.2 Å². The molecule has 2 aromatic carbocycles. The number of hydrogen-bond donors (Lipinski definition) is 0. The zero-order valence-electron chi connectivity index (χ0n) is 13.6. The second-order valence-electron chi connectivity index (χ2n) is 5.74. The van der Waals surface area contributed by atoms with Crippen molar-refractivity contribution >= 4 is 23.4 Å². The van der Waals surface area contributed by atoms with Gasteiger partial charge in [-0.05, 0) is 37.3 Å². The molecule has 0 N–H and O–H groups in total. The highest BCUT2D eigenvalue weighted by Crippen LogP contribution is 2.42. The largest absolute Gasteiger partial charge is 0.462 e. The molecular weight excluding hydrogens is 320 g/mol. The molecule has 0 fully saturated rings. The number of urea groups is 1. The third kappa shape index (κ3) is 2.53. The monoisotopic (exact) mass is 336 g/mol. The molecule has 2 aliphatic heterocycles. The fourth-order valence-corrected chi connectivity index (χ4v) is 3.09. The van der Waals surface area contributed by atoms with Crippen LogP contribution in [0, 0.1) is 0 Å². The van der Waals surface area contributed by atoms with Gasteiger partial charge >= 0.3 is 12.0 Å². The number of rotatable bonds is 3. The van der Waals surface area contributed by atoms with Crippen molar-refractivity contribution in [2.75, 3.05) is 18.2 Å². The quantitative estimate of drug-likeness (QED) is 0.798. The second kappa shape index (κ2) is 6.01. The van der Waals surface area contributed by atoms with E-state index in [-0.39, 0.29) is 18.2 Å². The summed E-state index contributed by atoms with van der Waals surface area (Å²) in [5.41, 5.74) is 3.27. The van der Waals surface area contributed by atoms with Crippen molar-refractivity contribution < 1.29 is 14.3 Å². The van der Waals surface area contributed by atoms with Gasteiger partial charge in [-0.15, -0.1) is 0 Å². The van der Waals surface area contributed by atoms with Gasteiger partial charge in [0.15, 0.2) is 6.17 Å². The summed E-state index contributed by atoms with van der Waals surface area (Å²) in [6.45, 7) is 2.47. The lowest BCUT2D eigenvalue weighted by Crippen LogP contribution is -2.42. The van der Waals surface area contributed by atoms with Crippen LogP contribution in [0.5, 0.6) is 0 Å². The van der Waals surface area contributed by atoms with Gasteiger partial charge in [-0.3, -0.25) is 4.90 Å². The maximum atomic E-state index is 12.0. The summed E-state index contributed by atoms with van der Waals surface area (Å²) >= 11 is 0. The number of nitrogens with zero attached hydrogens (tertiary/aromatic N) is 4. The van der Waals surface area contributed by atoms with Crippen LogP contribution >= 0.6 is 0 Å². The van der Waals surface area contributed by atoms with E-state index in [1.54, 1.807) is 24.0 Å². The Balaban J connectivity index is 1.70. The molecule has 0 aliphatic carbocycles. The Kier molecular flexibility index (Phi) is 3.68. The standard InChI is InChI=1S/C18H16N4O3/c1-2-25-17(23)12-7-9-13(10-8-12)21-11-22-16(19-20-18(22)24)14-5-3-4-6-15(14)21/h3-10,16H,2,11H2,1H3. The van der Waals surface area contributed by atoms with Crippen LogP contribution < -0.4 is 4.90 Å². The van der Waals surface area contributed by atoms with Gasteiger partial charge in [0.1, 0.15) is 6.67 Å². The smallest absolute Gasteiger partial charge is 0.365 e. The Labute approximate surface area is 144 Å². The normalized spacial score (nSPS) is 18.1. The van der Waals surface area contributed by atoms with Crippen LogP contribution in [0.2, 0.25) is 0 Å². The minimum Gasteiger partial charge on any atom is -0.462 e. The fraction of sp³-hybridized carbons (Fsp3) is 0.222. The number of azo groups is 1. The number of amides is 2. The molecule has 0 spiro atoms. The lowest BCUT2D eigenvalue weighted by Gasteiger charge is -2.38. The molecule has 2 aromatic rings. The van der Waals surface area contributed by atoms with Gasteiger partial charge in [0, 0.05) is 11.3 Å². The Hall–Kier alpha value is -3.22. The summed E-state index contributed by atoms with van der Waals surface area (Å²) in [5.74, 6) is -0.347. The molecule has 0 aromatic heterocycles. The molecule has 1 atom stereocenters. The van der Waals surface area contributed by atoms with Crippen molar-refractivity contribution in [1.82, 2.24) is 4.90 Å². The van der Waals surface area contributed by atoms with Gasteiger partial charge in [0.05, 0.1) is 17.9 Å². The number of hydrogen-bond acceptors (Lipinski definition) is 5. The molecule has 126 valence electrons. The Morgan fingerprint density at radius 3 is 2.72 bits per heavy atom. The summed E-state index contributed by atoms with van der Waals surface area (Å²) in [5, 5.41) is 7.77. The van der Waals surface area contributed by atoms with Gasteiger partial charge in [-0.1, -0.05) is 23.3 Å². The van der Waals surface area contributed by atoms with Gasteiger partial charge in [-0.25, -0.2) is 9.59 Å². The van der Waals surface area contributed by atoms with Crippen molar-refractivity contribution in [3.05, 3.63) is 59.7 Å². The van der Waals surface area contributed by atoms with Crippen molar-refractivity contribution in [2.45, 2.75) is 13.1 Å². The average Bonchev–Trinajstić information content (AvgIpc) is 3.03. The lowest BCUT2D eigenvalue weighted by atomic mass is 10.1. The summed E-state index contributed by atoms with van der Waals surface area (Å²) in [6.07, 6.45) is -0.362. The Morgan fingerprint density at radius 1 is 1.20 bits per heavy atom. The van der Waals surface area contributed by atoms with E-state index in [1.165, 1.54) is 0 Å². The molecule has 7 nitrogen and oxygen atoms in total. The molecule has 7 heteroatoms. The Morgan fingerprint density at radius 2 is 1.96 bits per heavy atom. The number of benzene rings is 2. The molecule has 4 rings (SSSR count). The van der Waals surface area contributed by atoms with Crippen LogP contribution in [-0.4, -0.2) is 30.2 Å². The number of esters is 1. The van der Waals surface area contributed by atoms with Gasteiger partial charge in [0.2, 0.25) is 0 Å². The van der Waals surface area contributed by atoms with Crippen LogP contribution in [0.1, 0.15) is 29.0 Å². The highest BCUT2D eigenvalue weighted by atomic mass is 16.5. The minimum absolute atomic E-state index is 0.339. The van der Waals surface area contributed by atoms with E-state index < -0.39 is 0 Å². The SMILES string of the molecule is CCOC(=O)c1ccc(N2CN3C(=O)N=NC3c3ccccc32)cc1. The summed E-state index contributed by atoms with van der Waals surface area (Å²) in [4.78, 5) is 27.4. The first-order valence-electron chi connectivity index (χ1n) is 8.04. The Bertz CT molecular complexity index is 863. The summed E-state index contributed by atoms with van der Waals surface area (Å²) in [7, 11) is 0. The second-order valence-corrected chi connectivity index (χ2v) is 5.74. The topological polar surface area (TPSA) is 74.6 Å². The van der Waals surface area contributed by atoms with Crippen molar-refractivity contribution in [2.24, 2.45) is 10.2 Å². The molecule has 25 heavy (non-hydrogen) atoms. The first-order valence-corrected chi connectivity index (χ1v) is 8.04. The zero-order chi connectivity index (χ0) is 17.4. The first kappa shape index (κ1) is 15.3. The molecule has 2 amide bonds. The van der Waals surface area contributed by atoms with Crippen molar-refractivity contribution in [3.63, 3.8) is 0 Å². The zero-order valence-corrected chi connectivity index (χ0v) is 13.6. The molecule has 2 heterocycles. The number of anilines is 2. The number of carbonyl (C=O) groups is 2. The molecule has 2 aliphatic rings. The van der Waals surface area contributed by atoms with E-state index in [0.29, 0.717) is 18.8 Å². The summed E-state index contributed by atoms with van der Waals surface area (Å²) < 4.78 is 5.01. The predicted molar refractivity (Wildman–Crippen MR) is 90.7 cm³/mol. The molecule has 0 bridgehead atoms. The lowest BCUT2D eigenvalue weighted by molar-refractivity contribution is 0.0526. The highest BCUT2D eigenvalue weighted by molar-refractivity contribution is 5.90.